The molecular formula is C26H30N4O3. The minimum atomic E-state index is -0.629. The Labute approximate surface area is 193 Å². The second kappa shape index (κ2) is 10.0. The number of aromatic hydroxyl groups is 1. The van der Waals surface area contributed by atoms with Crippen LogP contribution in [0, 0.1) is 0 Å². The van der Waals surface area contributed by atoms with Gasteiger partial charge in [-0.2, -0.15) is 0 Å². The molecule has 3 aromatic carbocycles. The van der Waals surface area contributed by atoms with Crippen molar-refractivity contribution >= 4 is 22.6 Å². The number of hydrogen-bond acceptors (Lipinski definition) is 5. The number of carbonyl (C=O) groups excluding carboxylic acids is 2. The van der Waals surface area contributed by atoms with Crippen LogP contribution in [0.2, 0.25) is 0 Å². The van der Waals surface area contributed by atoms with Crippen molar-refractivity contribution in [3.63, 3.8) is 0 Å². The zero-order valence-electron chi connectivity index (χ0n) is 18.5. The molecule has 1 aliphatic rings. The van der Waals surface area contributed by atoms with Gasteiger partial charge in [0.25, 0.3) is 5.91 Å². The Hall–Kier alpha value is -3.42. The Kier molecular flexibility index (Phi) is 6.91. The van der Waals surface area contributed by atoms with Gasteiger partial charge in [-0.05, 0) is 47.7 Å². The van der Waals surface area contributed by atoms with Gasteiger partial charge in [-0.1, -0.05) is 54.6 Å². The molecular weight excluding hydrogens is 416 g/mol. The highest BCUT2D eigenvalue weighted by Crippen LogP contribution is 2.29. The number of fused-ring (bicyclic) bond motifs is 1. The molecule has 6 N–H and O–H groups in total. The number of rotatable bonds is 7. The lowest BCUT2D eigenvalue weighted by molar-refractivity contribution is -0.123. The van der Waals surface area contributed by atoms with Crippen LogP contribution in [0.5, 0.6) is 5.75 Å². The first-order valence-electron chi connectivity index (χ1n) is 11.3. The summed E-state index contributed by atoms with van der Waals surface area (Å²) in [7, 11) is 0. The van der Waals surface area contributed by atoms with E-state index >= 15 is 0 Å². The first-order chi connectivity index (χ1) is 16.0. The number of phenolic OH excluding ortho intramolecular Hbond substituents is 1. The van der Waals surface area contributed by atoms with Crippen molar-refractivity contribution in [2.24, 2.45) is 11.5 Å². The molecule has 3 aromatic rings. The summed E-state index contributed by atoms with van der Waals surface area (Å²) in [6.07, 6.45) is 1.81. The van der Waals surface area contributed by atoms with Crippen LogP contribution in [0.25, 0.3) is 10.8 Å². The van der Waals surface area contributed by atoms with Crippen LogP contribution in [-0.4, -0.2) is 53.0 Å². The first kappa shape index (κ1) is 22.8. The summed E-state index contributed by atoms with van der Waals surface area (Å²) in [5, 5.41) is 15.2. The van der Waals surface area contributed by atoms with Gasteiger partial charge in [0, 0.05) is 25.2 Å². The van der Waals surface area contributed by atoms with Crippen LogP contribution in [0.15, 0.2) is 66.7 Å². The summed E-state index contributed by atoms with van der Waals surface area (Å²) in [6, 6.07) is 19.7. The maximum atomic E-state index is 13.3. The number of hydrogen-bond donors (Lipinski definition) is 4. The van der Waals surface area contributed by atoms with Crippen LogP contribution in [0.3, 0.4) is 0 Å². The molecule has 0 unspecified atom stereocenters. The molecule has 1 fully saturated rings. The number of nitrogens with zero attached hydrogens (tertiary/aromatic N) is 1. The molecule has 1 saturated heterocycles. The van der Waals surface area contributed by atoms with Crippen molar-refractivity contribution in [1.82, 2.24) is 10.2 Å². The highest BCUT2D eigenvalue weighted by atomic mass is 16.3. The summed E-state index contributed by atoms with van der Waals surface area (Å²) in [5.41, 5.74) is 13.4. The van der Waals surface area contributed by atoms with Gasteiger partial charge < -0.3 is 26.8 Å². The van der Waals surface area contributed by atoms with Gasteiger partial charge in [0.15, 0.2) is 0 Å². The highest BCUT2D eigenvalue weighted by molar-refractivity contribution is 6.01. The van der Waals surface area contributed by atoms with E-state index in [9.17, 15) is 14.7 Å². The van der Waals surface area contributed by atoms with E-state index in [-0.39, 0.29) is 41.8 Å². The quantitative estimate of drug-likeness (QED) is 0.443. The lowest BCUT2D eigenvalue weighted by atomic mass is 10.0. The fourth-order valence-electron chi connectivity index (χ4n) is 4.45. The van der Waals surface area contributed by atoms with E-state index in [1.165, 1.54) is 0 Å². The van der Waals surface area contributed by atoms with Crippen LogP contribution in [0.1, 0.15) is 28.8 Å². The third kappa shape index (κ3) is 5.16. The van der Waals surface area contributed by atoms with Gasteiger partial charge in [0.2, 0.25) is 5.91 Å². The van der Waals surface area contributed by atoms with E-state index in [4.69, 9.17) is 11.5 Å². The van der Waals surface area contributed by atoms with Gasteiger partial charge in [-0.15, -0.1) is 0 Å². The number of nitrogens with one attached hydrogen (secondary N) is 1. The molecule has 172 valence electrons. The highest BCUT2D eigenvalue weighted by Gasteiger charge is 2.36. The van der Waals surface area contributed by atoms with Crippen molar-refractivity contribution in [2.75, 3.05) is 13.1 Å². The average Bonchev–Trinajstić information content (AvgIpc) is 3.25. The van der Waals surface area contributed by atoms with Gasteiger partial charge in [-0.25, -0.2) is 0 Å². The number of aryl methyl sites for hydroxylation is 1. The summed E-state index contributed by atoms with van der Waals surface area (Å²) < 4.78 is 0. The summed E-state index contributed by atoms with van der Waals surface area (Å²) in [5.74, 6) is -0.585. The molecule has 0 aromatic heterocycles. The largest absolute Gasteiger partial charge is 0.507 e. The summed E-state index contributed by atoms with van der Waals surface area (Å²) in [4.78, 5) is 27.6. The number of likely N-dealkylation sites (tertiary alicyclic amines) is 1. The number of carbonyl (C=O) groups is 2. The van der Waals surface area contributed by atoms with E-state index in [2.05, 4.69) is 5.32 Å². The summed E-state index contributed by atoms with van der Waals surface area (Å²) in [6.45, 7) is 0.594. The molecule has 0 aliphatic carbocycles. The second-order valence-corrected chi connectivity index (χ2v) is 8.64. The van der Waals surface area contributed by atoms with Crippen LogP contribution in [-0.2, 0) is 11.2 Å². The second-order valence-electron chi connectivity index (χ2n) is 8.64. The Morgan fingerprint density at radius 1 is 1.06 bits per heavy atom. The van der Waals surface area contributed by atoms with Gasteiger partial charge >= 0.3 is 0 Å². The third-order valence-corrected chi connectivity index (χ3v) is 6.31. The Balaban J connectivity index is 1.40. The average molecular weight is 447 g/mol. The first-order valence-corrected chi connectivity index (χ1v) is 11.3. The van der Waals surface area contributed by atoms with Crippen molar-refractivity contribution in [3.8, 4) is 5.75 Å². The maximum absolute atomic E-state index is 13.3. The lowest BCUT2D eigenvalue weighted by Crippen LogP contribution is -2.46. The van der Waals surface area contributed by atoms with Crippen LogP contribution >= 0.6 is 0 Å². The Morgan fingerprint density at radius 3 is 2.42 bits per heavy atom. The fourth-order valence-corrected chi connectivity index (χ4v) is 4.45. The molecule has 0 radical (unpaired) electrons. The van der Waals surface area contributed by atoms with E-state index in [0.717, 1.165) is 22.8 Å². The van der Waals surface area contributed by atoms with Gasteiger partial charge in [0.05, 0.1) is 11.6 Å². The van der Waals surface area contributed by atoms with Crippen molar-refractivity contribution in [1.29, 1.82) is 0 Å². The molecule has 7 nitrogen and oxygen atoms in total. The molecule has 4 rings (SSSR count). The number of benzene rings is 3. The van der Waals surface area contributed by atoms with Gasteiger partial charge in [-0.3, -0.25) is 9.59 Å². The van der Waals surface area contributed by atoms with Gasteiger partial charge in [0.1, 0.15) is 5.75 Å². The molecule has 1 aliphatic heterocycles. The lowest BCUT2D eigenvalue weighted by Gasteiger charge is -2.24. The predicted octanol–water partition coefficient (Wildman–Crippen LogP) is 2.16. The zero-order valence-corrected chi connectivity index (χ0v) is 18.5. The fraction of sp³-hybridized carbons (Fsp3) is 0.308. The van der Waals surface area contributed by atoms with Crippen LogP contribution < -0.4 is 16.8 Å². The topological polar surface area (TPSA) is 122 Å². The molecule has 0 bridgehead atoms. The van der Waals surface area contributed by atoms with Crippen molar-refractivity contribution < 1.29 is 14.7 Å². The normalized spacial score (nSPS) is 18.9. The minimum absolute atomic E-state index is 0.0649. The standard InChI is InChI=1S/C26H30N4O3/c27-15-21-14-20(29-25(32)23(28)11-10-17-6-2-1-3-7-17)16-30(21)26(33)22-12-18-8-4-5-9-19(18)13-24(22)31/h1-9,12-13,20-21,23,31H,10-11,14-16,27-28H2,(H,29,32)/t20-,21-,23-/m0/s1. The molecule has 0 spiro atoms. The monoisotopic (exact) mass is 446 g/mol. The van der Waals surface area contributed by atoms with Crippen molar-refractivity contribution in [3.05, 3.63) is 77.9 Å². The van der Waals surface area contributed by atoms with E-state index in [0.29, 0.717) is 19.4 Å². The minimum Gasteiger partial charge on any atom is -0.507 e. The third-order valence-electron chi connectivity index (χ3n) is 6.31. The molecule has 33 heavy (non-hydrogen) atoms. The number of nitrogens with two attached hydrogens (primary N) is 2. The van der Waals surface area contributed by atoms with Crippen LogP contribution in [0.4, 0.5) is 0 Å². The molecule has 2 amide bonds. The number of phenols is 1. The number of amides is 2. The van der Waals surface area contributed by atoms with E-state index in [1.807, 2.05) is 54.6 Å². The van der Waals surface area contributed by atoms with Crippen molar-refractivity contribution in [2.45, 2.75) is 37.4 Å². The summed E-state index contributed by atoms with van der Waals surface area (Å²) >= 11 is 0. The molecule has 1 heterocycles. The smallest absolute Gasteiger partial charge is 0.257 e. The SMILES string of the molecule is NC[C@@H]1C[C@H](NC(=O)[C@@H](N)CCc2ccccc2)CN1C(=O)c1cc2ccccc2cc1O. The zero-order chi connectivity index (χ0) is 23.4. The predicted molar refractivity (Wildman–Crippen MR) is 129 cm³/mol. The Bertz CT molecular complexity index is 1130. The maximum Gasteiger partial charge on any atom is 0.257 e. The molecule has 7 heteroatoms. The molecule has 3 atom stereocenters. The van der Waals surface area contributed by atoms with E-state index in [1.54, 1.807) is 17.0 Å². The Morgan fingerprint density at radius 2 is 1.73 bits per heavy atom. The van der Waals surface area contributed by atoms with E-state index < -0.39 is 6.04 Å². The molecule has 0 saturated carbocycles.